The van der Waals surface area contributed by atoms with E-state index in [0.29, 0.717) is 5.82 Å². The lowest BCUT2D eigenvalue weighted by Crippen LogP contribution is -1.99. The summed E-state index contributed by atoms with van der Waals surface area (Å²) in [6.07, 6.45) is 0. The van der Waals surface area contributed by atoms with Crippen LogP contribution in [0.5, 0.6) is 0 Å². The number of hydrogen-bond donors (Lipinski definition) is 0. The van der Waals surface area contributed by atoms with Gasteiger partial charge in [-0.1, -0.05) is 133 Å². The van der Waals surface area contributed by atoms with Crippen molar-refractivity contribution >= 4 is 131 Å². The molecule has 0 unspecified atom stereocenters. The minimum Gasteiger partial charge on any atom is -0.456 e. The van der Waals surface area contributed by atoms with Crippen molar-refractivity contribution in [1.82, 2.24) is 23.7 Å². The molecule has 7 heterocycles. The summed E-state index contributed by atoms with van der Waals surface area (Å²) in [6.45, 7) is 0. The molecule has 0 radical (unpaired) electrons. The van der Waals surface area contributed by atoms with Gasteiger partial charge in [0, 0.05) is 82.2 Å². The molecule has 19 rings (SSSR count). The Balaban J connectivity index is 0.801. The third-order valence-electron chi connectivity index (χ3n) is 17.5. The van der Waals surface area contributed by atoms with Gasteiger partial charge in [-0.2, -0.15) is 0 Å². The van der Waals surface area contributed by atoms with Crippen molar-refractivity contribution in [3.8, 4) is 51.0 Å². The largest absolute Gasteiger partial charge is 0.456 e. The summed E-state index contributed by atoms with van der Waals surface area (Å²) in [5, 5.41) is 13.6. The van der Waals surface area contributed by atoms with Gasteiger partial charge in [0.25, 0.3) is 0 Å². The van der Waals surface area contributed by atoms with Gasteiger partial charge in [-0.25, -0.2) is 9.97 Å². The first-order valence-corrected chi connectivity index (χ1v) is 28.4. The highest BCUT2D eigenvalue weighted by atomic mass is 16.3. The zero-order valence-electron chi connectivity index (χ0n) is 44.8. The fourth-order valence-corrected chi connectivity index (χ4v) is 13.8. The molecule has 7 aromatic heterocycles. The fraction of sp³-hybridized carbons (Fsp3) is 0. The van der Waals surface area contributed by atoms with Crippen LogP contribution in [0, 0.1) is 0 Å². The minimum absolute atomic E-state index is 0.619. The highest BCUT2D eigenvalue weighted by molar-refractivity contribution is 6.27. The van der Waals surface area contributed by atoms with Gasteiger partial charge in [-0.15, -0.1) is 0 Å². The maximum absolute atomic E-state index is 6.50. The lowest BCUT2D eigenvalue weighted by atomic mass is 10.0. The van der Waals surface area contributed by atoms with Crippen molar-refractivity contribution in [1.29, 1.82) is 0 Å². The van der Waals surface area contributed by atoms with Crippen LogP contribution in [0.3, 0.4) is 0 Å². The van der Waals surface area contributed by atoms with Gasteiger partial charge < -0.3 is 27.0 Å². The number of nitrogens with zero attached hydrogens (tertiary/aromatic N) is 5. The Labute approximate surface area is 477 Å². The summed E-state index contributed by atoms with van der Waals surface area (Å²) < 4.78 is 26.6. The summed E-state index contributed by atoms with van der Waals surface area (Å²) >= 11 is 0. The monoisotopic (exact) mass is 1070 g/mol. The van der Waals surface area contributed by atoms with Gasteiger partial charge in [0.1, 0.15) is 33.5 Å². The summed E-state index contributed by atoms with van der Waals surface area (Å²) in [5.74, 6) is 0.619. The summed E-state index contributed by atoms with van der Waals surface area (Å²) in [5.41, 5.74) is 19.4. The van der Waals surface area contributed by atoms with Crippen molar-refractivity contribution in [3.63, 3.8) is 0 Å². The Hall–Kier alpha value is -11.5. The fourth-order valence-electron chi connectivity index (χ4n) is 13.8. The Morgan fingerprint density at radius 3 is 1.05 bits per heavy atom. The second-order valence-corrected chi connectivity index (χ2v) is 22.0. The van der Waals surface area contributed by atoms with Gasteiger partial charge in [0.05, 0.1) is 60.6 Å². The molecule has 84 heavy (non-hydrogen) atoms. The van der Waals surface area contributed by atoms with Crippen molar-refractivity contribution in [2.45, 2.75) is 0 Å². The number of fused-ring (bicyclic) bond motifs is 21. The Bertz CT molecular complexity index is 5740. The van der Waals surface area contributed by atoms with Crippen LogP contribution in [0.15, 0.2) is 274 Å². The van der Waals surface area contributed by atoms with Crippen LogP contribution in [0.1, 0.15) is 0 Å². The molecule has 0 aliphatic rings. The quantitative estimate of drug-likeness (QED) is 0.166. The van der Waals surface area contributed by atoms with Crippen molar-refractivity contribution in [3.05, 3.63) is 261 Å². The molecule has 0 aliphatic carbocycles. The predicted molar refractivity (Wildman–Crippen MR) is 343 cm³/mol. The number of furan rings is 3. The van der Waals surface area contributed by atoms with Gasteiger partial charge >= 0.3 is 0 Å². The average molecular weight is 1070 g/mol. The average Bonchev–Trinajstić information content (AvgIpc) is 2.19. The summed E-state index contributed by atoms with van der Waals surface area (Å²) in [4.78, 5) is 11.0. The molecule has 0 amide bonds. The number of para-hydroxylation sites is 6. The molecule has 390 valence electrons. The third kappa shape index (κ3) is 6.36. The molecule has 0 atom stereocenters. The van der Waals surface area contributed by atoms with Crippen LogP contribution in [0.4, 0.5) is 0 Å². The third-order valence-corrected chi connectivity index (χ3v) is 17.5. The Morgan fingerprint density at radius 1 is 0.238 bits per heavy atom. The molecule has 8 heteroatoms. The van der Waals surface area contributed by atoms with Crippen molar-refractivity contribution < 1.29 is 13.3 Å². The molecule has 0 spiro atoms. The van der Waals surface area contributed by atoms with E-state index in [-0.39, 0.29) is 0 Å². The van der Waals surface area contributed by atoms with Gasteiger partial charge in [-0.05, 0) is 127 Å². The molecular formula is C76H43N5O3. The zero-order valence-corrected chi connectivity index (χ0v) is 44.8. The normalized spacial score (nSPS) is 12.3. The maximum Gasteiger partial charge on any atom is 0.160 e. The Morgan fingerprint density at radius 2 is 0.607 bits per heavy atom. The maximum atomic E-state index is 6.50. The van der Waals surface area contributed by atoms with Crippen LogP contribution >= 0.6 is 0 Å². The number of benzene rings is 12. The molecule has 0 aliphatic heterocycles. The van der Waals surface area contributed by atoms with E-state index in [1.807, 2.05) is 30.3 Å². The highest BCUT2D eigenvalue weighted by Crippen LogP contribution is 2.45. The molecule has 12 aromatic carbocycles. The molecule has 8 nitrogen and oxygen atoms in total. The second-order valence-electron chi connectivity index (χ2n) is 22.0. The molecule has 0 N–H and O–H groups in total. The van der Waals surface area contributed by atoms with Crippen molar-refractivity contribution in [2.75, 3.05) is 0 Å². The van der Waals surface area contributed by atoms with Crippen LogP contribution < -0.4 is 0 Å². The lowest BCUT2D eigenvalue weighted by Gasteiger charge is -2.14. The topological polar surface area (TPSA) is 80.0 Å². The van der Waals surface area contributed by atoms with E-state index in [0.717, 1.165) is 144 Å². The first-order chi connectivity index (χ1) is 41.6. The van der Waals surface area contributed by atoms with Crippen LogP contribution in [0.2, 0.25) is 0 Å². The smallest absolute Gasteiger partial charge is 0.160 e. The van der Waals surface area contributed by atoms with Crippen LogP contribution in [-0.4, -0.2) is 23.7 Å². The van der Waals surface area contributed by atoms with Crippen LogP contribution in [-0.2, 0) is 0 Å². The Kier molecular flexibility index (Phi) is 9.18. The molecule has 0 saturated heterocycles. The molecule has 0 bridgehead atoms. The predicted octanol–water partition coefficient (Wildman–Crippen LogP) is 20.5. The molecule has 19 aromatic rings. The van der Waals surface area contributed by atoms with E-state index in [2.05, 4.69) is 244 Å². The number of aromatic nitrogens is 5. The molecule has 0 saturated carbocycles. The van der Waals surface area contributed by atoms with E-state index >= 15 is 0 Å². The van der Waals surface area contributed by atoms with E-state index in [9.17, 15) is 0 Å². The van der Waals surface area contributed by atoms with E-state index in [1.54, 1.807) is 0 Å². The number of rotatable bonds is 6. The summed E-state index contributed by atoms with van der Waals surface area (Å²) in [7, 11) is 0. The van der Waals surface area contributed by atoms with Gasteiger partial charge in [-0.3, -0.25) is 0 Å². The molecular weight excluding hydrogens is 1030 g/mol. The first kappa shape index (κ1) is 45.3. The second kappa shape index (κ2) is 17.0. The van der Waals surface area contributed by atoms with Crippen molar-refractivity contribution in [2.24, 2.45) is 0 Å². The lowest BCUT2D eigenvalue weighted by molar-refractivity contribution is 0.669. The standard InChI is InChI=1S/C76H43N5O3/c1-7-22-61-50(16-1)53-36-39-67-70(56-19-4-10-25-64(56)82-67)73(53)79(61)47-32-28-44(29-33-47)59-43-60(46-14-13-15-49(42-46)81-63-24-9-3-18-52(63)55-38-41-69-72(75(55)81)58-21-6-12-27-66(58)84-69)78-76(77-59)45-30-34-48(35-31-45)80-62-23-8-2-17-51(62)54-37-40-68-71(74(54)80)57-20-5-11-26-65(57)83-68/h1-43H. The van der Waals surface area contributed by atoms with E-state index < -0.39 is 0 Å². The number of hydrogen-bond acceptors (Lipinski definition) is 5. The minimum atomic E-state index is 0.619. The van der Waals surface area contributed by atoms with Gasteiger partial charge in [0.15, 0.2) is 5.82 Å². The molecule has 0 fully saturated rings. The summed E-state index contributed by atoms with van der Waals surface area (Å²) in [6, 6.07) is 92.3. The van der Waals surface area contributed by atoms with E-state index in [4.69, 9.17) is 23.2 Å². The zero-order chi connectivity index (χ0) is 54.7. The SMILES string of the molecule is c1cc(-c2cc(-c3ccc(-n4c5ccccc5c5ccc6oc7ccccc7c6c54)cc3)nc(-c3ccc(-n4c5ccccc5c5ccc6oc7ccccc7c6c54)cc3)n2)cc(-n2c3ccccc3c3ccc4oc5ccccc5c4c32)c1. The first-order valence-electron chi connectivity index (χ1n) is 28.4. The highest BCUT2D eigenvalue weighted by Gasteiger charge is 2.24. The van der Waals surface area contributed by atoms with Crippen LogP contribution in [0.25, 0.3) is 182 Å². The van der Waals surface area contributed by atoms with E-state index in [1.165, 1.54) is 32.3 Å². The van der Waals surface area contributed by atoms with Gasteiger partial charge in [0.2, 0.25) is 0 Å².